The summed E-state index contributed by atoms with van der Waals surface area (Å²) >= 11 is 5.95. The van der Waals surface area contributed by atoms with Gasteiger partial charge in [-0.1, -0.05) is 35.9 Å². The minimum absolute atomic E-state index is 0.116. The fourth-order valence-corrected chi connectivity index (χ4v) is 3.63. The van der Waals surface area contributed by atoms with E-state index < -0.39 is 5.92 Å². The third-order valence-electron chi connectivity index (χ3n) is 5.09. The predicted molar refractivity (Wildman–Crippen MR) is 117 cm³/mol. The molecule has 0 aromatic heterocycles. The number of rotatable bonds is 5. The number of carbonyl (C=O) groups excluding carboxylic acids is 2. The number of carbonyl (C=O) groups is 2. The standard InChI is InChI=1S/C24H20ClFN2O3/c25-19-6-3-5-15(11-19)24(30)28-20-8-9-22-17(12-20)10-18(14-31-22)23(29)27-13-16-4-1-2-7-21(16)26/h1-9,11-12,18H,10,13-14H2,(H,27,29)(H,28,30)/t18-/m0/s1. The van der Waals surface area contributed by atoms with Crippen LogP contribution in [0.15, 0.2) is 66.7 Å². The summed E-state index contributed by atoms with van der Waals surface area (Å²) in [6.07, 6.45) is 0.458. The molecule has 0 bridgehead atoms. The van der Waals surface area contributed by atoms with Crippen molar-refractivity contribution in [1.29, 1.82) is 0 Å². The average Bonchev–Trinajstić information content (AvgIpc) is 2.78. The lowest BCUT2D eigenvalue weighted by molar-refractivity contribution is -0.126. The van der Waals surface area contributed by atoms with Crippen LogP contribution >= 0.6 is 11.6 Å². The minimum atomic E-state index is -0.404. The Morgan fingerprint density at radius 3 is 2.71 bits per heavy atom. The van der Waals surface area contributed by atoms with Crippen molar-refractivity contribution in [3.8, 4) is 5.75 Å². The third-order valence-corrected chi connectivity index (χ3v) is 5.33. The molecule has 0 radical (unpaired) electrons. The zero-order chi connectivity index (χ0) is 21.8. The molecule has 1 aliphatic heterocycles. The highest BCUT2D eigenvalue weighted by Gasteiger charge is 2.26. The fraction of sp³-hybridized carbons (Fsp3) is 0.167. The molecule has 1 heterocycles. The highest BCUT2D eigenvalue weighted by Crippen LogP contribution is 2.30. The van der Waals surface area contributed by atoms with Crippen LogP contribution in [0.1, 0.15) is 21.5 Å². The Hall–Kier alpha value is -3.38. The maximum absolute atomic E-state index is 13.8. The van der Waals surface area contributed by atoms with Gasteiger partial charge in [0.05, 0.1) is 5.92 Å². The Kier molecular flexibility index (Phi) is 6.18. The van der Waals surface area contributed by atoms with Gasteiger partial charge in [0.25, 0.3) is 5.91 Å². The number of fused-ring (bicyclic) bond motifs is 1. The van der Waals surface area contributed by atoms with Gasteiger partial charge in [-0.3, -0.25) is 9.59 Å². The molecule has 7 heteroatoms. The normalized spacial score (nSPS) is 14.8. The Balaban J connectivity index is 1.40. The third kappa shape index (κ3) is 5.03. The fourth-order valence-electron chi connectivity index (χ4n) is 3.44. The molecule has 0 saturated heterocycles. The van der Waals surface area contributed by atoms with Crippen molar-refractivity contribution in [2.75, 3.05) is 11.9 Å². The first-order valence-electron chi connectivity index (χ1n) is 9.83. The van der Waals surface area contributed by atoms with E-state index in [-0.39, 0.29) is 30.8 Å². The molecule has 3 aromatic rings. The lowest BCUT2D eigenvalue weighted by atomic mass is 9.95. The van der Waals surface area contributed by atoms with Gasteiger partial charge in [0.15, 0.2) is 0 Å². The van der Waals surface area contributed by atoms with Crippen LogP contribution in [0.5, 0.6) is 5.75 Å². The summed E-state index contributed by atoms with van der Waals surface area (Å²) in [5.41, 5.74) is 2.30. The van der Waals surface area contributed by atoms with Crippen molar-refractivity contribution in [2.24, 2.45) is 5.92 Å². The summed E-state index contributed by atoms with van der Waals surface area (Å²) in [5.74, 6) is -0.564. The van der Waals surface area contributed by atoms with Gasteiger partial charge in [-0.05, 0) is 54.4 Å². The molecule has 4 rings (SSSR count). The van der Waals surface area contributed by atoms with Crippen molar-refractivity contribution < 1.29 is 18.7 Å². The summed E-state index contributed by atoms with van der Waals surface area (Å²) in [6.45, 7) is 0.356. The molecule has 0 aliphatic carbocycles. The number of nitrogens with one attached hydrogen (secondary N) is 2. The quantitative estimate of drug-likeness (QED) is 0.611. The maximum atomic E-state index is 13.8. The van der Waals surface area contributed by atoms with Crippen molar-refractivity contribution in [2.45, 2.75) is 13.0 Å². The van der Waals surface area contributed by atoms with E-state index in [9.17, 15) is 14.0 Å². The summed E-state index contributed by atoms with van der Waals surface area (Å²) in [4.78, 5) is 25.0. The second-order valence-corrected chi connectivity index (χ2v) is 7.74. The van der Waals surface area contributed by atoms with Crippen LogP contribution in [0.4, 0.5) is 10.1 Å². The lowest BCUT2D eigenvalue weighted by Crippen LogP contribution is -2.37. The molecule has 5 nitrogen and oxygen atoms in total. The molecule has 1 aliphatic rings. The number of hydrogen-bond acceptors (Lipinski definition) is 3. The topological polar surface area (TPSA) is 67.4 Å². The highest BCUT2D eigenvalue weighted by molar-refractivity contribution is 6.31. The Labute approximate surface area is 184 Å². The second-order valence-electron chi connectivity index (χ2n) is 7.31. The van der Waals surface area contributed by atoms with Gasteiger partial charge in [0.2, 0.25) is 5.91 Å². The van der Waals surface area contributed by atoms with Crippen LogP contribution in [0.25, 0.3) is 0 Å². The Morgan fingerprint density at radius 1 is 1.06 bits per heavy atom. The first kappa shape index (κ1) is 20.9. The van der Waals surface area contributed by atoms with E-state index in [4.69, 9.17) is 16.3 Å². The van der Waals surface area contributed by atoms with Gasteiger partial charge < -0.3 is 15.4 Å². The van der Waals surface area contributed by atoms with E-state index in [2.05, 4.69) is 10.6 Å². The van der Waals surface area contributed by atoms with Crippen LogP contribution in [-0.4, -0.2) is 18.4 Å². The van der Waals surface area contributed by atoms with E-state index in [1.54, 1.807) is 60.7 Å². The second kappa shape index (κ2) is 9.18. The molecular formula is C24H20ClFN2O3. The van der Waals surface area contributed by atoms with Crippen LogP contribution < -0.4 is 15.4 Å². The van der Waals surface area contributed by atoms with Gasteiger partial charge >= 0.3 is 0 Å². The first-order chi connectivity index (χ1) is 15.0. The van der Waals surface area contributed by atoms with E-state index in [0.717, 1.165) is 5.56 Å². The number of hydrogen-bond donors (Lipinski definition) is 2. The smallest absolute Gasteiger partial charge is 0.255 e. The highest BCUT2D eigenvalue weighted by atomic mass is 35.5. The van der Waals surface area contributed by atoms with Crippen LogP contribution in [0.2, 0.25) is 5.02 Å². The van der Waals surface area contributed by atoms with E-state index in [0.29, 0.717) is 34.0 Å². The molecule has 158 valence electrons. The van der Waals surface area contributed by atoms with Gasteiger partial charge in [-0.25, -0.2) is 4.39 Å². The number of ether oxygens (including phenoxy) is 1. The molecule has 0 saturated carbocycles. The van der Waals surface area contributed by atoms with Crippen LogP contribution in [0.3, 0.4) is 0 Å². The molecule has 1 atom stereocenters. The lowest BCUT2D eigenvalue weighted by Gasteiger charge is -2.25. The minimum Gasteiger partial charge on any atom is -0.492 e. The van der Waals surface area contributed by atoms with E-state index >= 15 is 0 Å². The molecule has 0 unspecified atom stereocenters. The summed E-state index contributed by atoms with van der Waals surface area (Å²) < 4.78 is 19.5. The Bertz CT molecular complexity index is 1140. The van der Waals surface area contributed by atoms with E-state index in [1.807, 2.05) is 0 Å². The Morgan fingerprint density at radius 2 is 1.90 bits per heavy atom. The number of benzene rings is 3. The maximum Gasteiger partial charge on any atom is 0.255 e. The summed E-state index contributed by atoms with van der Waals surface area (Å²) in [6, 6.07) is 18.3. The van der Waals surface area contributed by atoms with Gasteiger partial charge in [0.1, 0.15) is 18.2 Å². The van der Waals surface area contributed by atoms with Gasteiger partial charge in [0, 0.05) is 28.4 Å². The SMILES string of the molecule is O=C(Nc1ccc2c(c1)C[C@H](C(=O)NCc1ccccc1F)CO2)c1cccc(Cl)c1. The molecule has 3 aromatic carbocycles. The molecule has 0 spiro atoms. The number of amides is 2. The zero-order valence-corrected chi connectivity index (χ0v) is 17.3. The van der Waals surface area contributed by atoms with E-state index in [1.165, 1.54) is 6.07 Å². The molecule has 0 fully saturated rings. The van der Waals surface area contributed by atoms with Crippen LogP contribution in [-0.2, 0) is 17.8 Å². The zero-order valence-electron chi connectivity index (χ0n) is 16.5. The first-order valence-corrected chi connectivity index (χ1v) is 10.2. The van der Waals surface area contributed by atoms with Gasteiger partial charge in [-0.15, -0.1) is 0 Å². The summed E-state index contributed by atoms with van der Waals surface area (Å²) in [7, 11) is 0. The van der Waals surface area contributed by atoms with Crippen molar-refractivity contribution in [3.05, 3.63) is 94.3 Å². The average molecular weight is 439 g/mol. The van der Waals surface area contributed by atoms with Crippen molar-refractivity contribution in [1.82, 2.24) is 5.32 Å². The predicted octanol–water partition coefficient (Wildman–Crippen LogP) is 4.60. The van der Waals surface area contributed by atoms with Gasteiger partial charge in [-0.2, -0.15) is 0 Å². The number of anilines is 1. The van der Waals surface area contributed by atoms with Crippen molar-refractivity contribution in [3.63, 3.8) is 0 Å². The molecule has 2 N–H and O–H groups in total. The van der Waals surface area contributed by atoms with Crippen LogP contribution in [0, 0.1) is 11.7 Å². The molecule has 2 amide bonds. The monoisotopic (exact) mass is 438 g/mol. The number of halogens is 2. The summed E-state index contributed by atoms with van der Waals surface area (Å²) in [5, 5.41) is 6.09. The molecule has 31 heavy (non-hydrogen) atoms. The largest absolute Gasteiger partial charge is 0.492 e. The van der Waals surface area contributed by atoms with Crippen molar-refractivity contribution >= 4 is 29.1 Å². The molecular weight excluding hydrogens is 419 g/mol.